The van der Waals surface area contributed by atoms with Crippen molar-refractivity contribution in [1.29, 1.82) is 0 Å². The lowest BCUT2D eigenvalue weighted by Crippen LogP contribution is -2.56. The highest BCUT2D eigenvalue weighted by molar-refractivity contribution is 5.94. The van der Waals surface area contributed by atoms with Crippen molar-refractivity contribution >= 4 is 35.2 Å². The maximum absolute atomic E-state index is 12.9. The number of rotatable bonds is 5. The zero-order valence-corrected chi connectivity index (χ0v) is 18.1. The molecule has 3 fully saturated rings. The number of nitrogens with one attached hydrogen (secondary N) is 3. The summed E-state index contributed by atoms with van der Waals surface area (Å²) in [4.78, 5) is 49.7. The first kappa shape index (κ1) is 21.0. The number of carbonyl (C=O) groups excluding carboxylic acids is 3. The molecule has 0 bridgehead atoms. The van der Waals surface area contributed by atoms with Gasteiger partial charge in [0.05, 0.1) is 6.67 Å². The Bertz CT molecular complexity index is 1080. The minimum absolute atomic E-state index is 0.0207. The fraction of sp³-hybridized carbons (Fsp3) is 0.409. The van der Waals surface area contributed by atoms with E-state index in [1.807, 2.05) is 35.2 Å². The van der Waals surface area contributed by atoms with E-state index in [1.165, 1.54) is 6.07 Å². The molecule has 5 rings (SSSR count). The maximum atomic E-state index is 12.9. The van der Waals surface area contributed by atoms with Gasteiger partial charge in [0.15, 0.2) is 0 Å². The van der Waals surface area contributed by atoms with Gasteiger partial charge < -0.3 is 31.5 Å². The van der Waals surface area contributed by atoms with Crippen molar-refractivity contribution in [1.82, 2.24) is 20.6 Å². The van der Waals surface area contributed by atoms with Gasteiger partial charge in [0.2, 0.25) is 17.8 Å². The predicted molar refractivity (Wildman–Crippen MR) is 122 cm³/mol. The molecule has 3 aliphatic rings. The number of primary amides is 1. The van der Waals surface area contributed by atoms with Gasteiger partial charge >= 0.3 is 0 Å². The van der Waals surface area contributed by atoms with Crippen molar-refractivity contribution in [3.05, 3.63) is 42.1 Å². The van der Waals surface area contributed by atoms with Crippen LogP contribution < -0.4 is 31.5 Å². The third kappa shape index (κ3) is 3.79. The Morgan fingerprint density at radius 2 is 1.88 bits per heavy atom. The number of anilines is 3. The quantitative estimate of drug-likeness (QED) is 0.490. The molecule has 33 heavy (non-hydrogen) atoms. The summed E-state index contributed by atoms with van der Waals surface area (Å²) in [5.41, 5.74) is 5.93. The molecule has 0 aliphatic carbocycles. The molecule has 1 atom stereocenters. The summed E-state index contributed by atoms with van der Waals surface area (Å²) in [6.07, 6.45) is 1.78. The van der Waals surface area contributed by atoms with Gasteiger partial charge in [0.25, 0.3) is 5.91 Å². The van der Waals surface area contributed by atoms with Crippen LogP contribution in [-0.4, -0.2) is 65.6 Å². The van der Waals surface area contributed by atoms with Crippen LogP contribution in [0.5, 0.6) is 0 Å². The van der Waals surface area contributed by atoms with E-state index in [4.69, 9.17) is 5.73 Å². The monoisotopic (exact) mass is 450 g/mol. The summed E-state index contributed by atoms with van der Waals surface area (Å²) in [6, 6.07) is 10.9. The number of amides is 3. The van der Waals surface area contributed by atoms with Gasteiger partial charge in [0.1, 0.15) is 23.1 Å². The van der Waals surface area contributed by atoms with Crippen molar-refractivity contribution in [2.45, 2.75) is 30.8 Å². The summed E-state index contributed by atoms with van der Waals surface area (Å²) >= 11 is 0. The average Bonchev–Trinajstić information content (AvgIpc) is 3.37. The number of carbonyl (C=O) groups is 3. The van der Waals surface area contributed by atoms with Crippen LogP contribution >= 0.6 is 0 Å². The molecule has 1 aromatic carbocycles. The fourth-order valence-electron chi connectivity index (χ4n) is 4.80. The molecule has 3 saturated heterocycles. The van der Waals surface area contributed by atoms with Gasteiger partial charge in [-0.05, 0) is 31.4 Å². The molecule has 2 aromatic rings. The maximum Gasteiger partial charge on any atom is 0.267 e. The minimum atomic E-state index is -0.670. The van der Waals surface area contributed by atoms with Crippen LogP contribution in [0.15, 0.2) is 36.4 Å². The number of para-hydroxylation sites is 1. The summed E-state index contributed by atoms with van der Waals surface area (Å²) < 4.78 is 0. The Morgan fingerprint density at radius 1 is 1.12 bits per heavy atom. The average molecular weight is 451 g/mol. The zero-order chi connectivity index (χ0) is 23.0. The molecule has 3 aliphatic heterocycles. The van der Waals surface area contributed by atoms with Gasteiger partial charge in [-0.1, -0.05) is 18.2 Å². The Morgan fingerprint density at radius 3 is 2.55 bits per heavy atom. The summed E-state index contributed by atoms with van der Waals surface area (Å²) in [5, 5.41) is 8.83. The molecule has 1 aromatic heterocycles. The van der Waals surface area contributed by atoms with Crippen molar-refractivity contribution in [2.75, 3.05) is 41.4 Å². The van der Waals surface area contributed by atoms with Crippen molar-refractivity contribution in [2.24, 2.45) is 5.73 Å². The predicted octanol–water partition coefficient (Wildman–Crippen LogP) is -0.191. The number of nitrogens with two attached hydrogens (primary N) is 1. The van der Waals surface area contributed by atoms with Gasteiger partial charge in [0, 0.05) is 31.4 Å². The van der Waals surface area contributed by atoms with Crippen LogP contribution in [0.1, 0.15) is 29.8 Å². The largest absolute Gasteiger partial charge is 0.364 e. The highest BCUT2D eigenvalue weighted by atomic mass is 16.2. The number of hydrogen-bond donors (Lipinski definition) is 4. The van der Waals surface area contributed by atoms with E-state index >= 15 is 0 Å². The third-order valence-corrected chi connectivity index (χ3v) is 6.62. The van der Waals surface area contributed by atoms with Crippen LogP contribution in [0, 0.1) is 0 Å². The molecule has 3 amide bonds. The Hall–Kier alpha value is -3.89. The molecule has 11 heteroatoms. The zero-order valence-electron chi connectivity index (χ0n) is 18.1. The standard InChI is InChI=1S/C22H26N8O3/c23-18(31)16-12-17(26-15-6-9-24-19(15)32)28-21(27-16)29-10-7-22(8-11-29)20(33)25-13-30(22)14-4-2-1-3-5-14/h1-5,12,15H,6-11,13H2,(H2,23,31)(H,24,32)(H,25,33)(H,26,27,28). The van der Waals surface area contributed by atoms with Gasteiger partial charge in [-0.3, -0.25) is 14.4 Å². The van der Waals surface area contributed by atoms with E-state index in [2.05, 4.69) is 30.8 Å². The summed E-state index contributed by atoms with van der Waals surface area (Å²) in [6.45, 7) is 2.12. The van der Waals surface area contributed by atoms with Crippen molar-refractivity contribution in [3.63, 3.8) is 0 Å². The minimum Gasteiger partial charge on any atom is -0.364 e. The second-order valence-corrected chi connectivity index (χ2v) is 8.53. The number of piperidine rings is 1. The first-order valence-electron chi connectivity index (χ1n) is 11.1. The van der Waals surface area contributed by atoms with E-state index in [-0.39, 0.29) is 17.5 Å². The Labute approximate surface area is 190 Å². The van der Waals surface area contributed by atoms with Gasteiger partial charge in [-0.25, -0.2) is 4.98 Å². The van der Waals surface area contributed by atoms with Crippen LogP contribution in [0.4, 0.5) is 17.5 Å². The first-order valence-corrected chi connectivity index (χ1v) is 11.1. The molecule has 0 saturated carbocycles. The summed E-state index contributed by atoms with van der Waals surface area (Å²) in [7, 11) is 0. The number of aromatic nitrogens is 2. The van der Waals surface area contributed by atoms with Crippen LogP contribution in [0.3, 0.4) is 0 Å². The third-order valence-electron chi connectivity index (χ3n) is 6.62. The Kier molecular flexibility index (Phi) is 5.23. The van der Waals surface area contributed by atoms with Crippen molar-refractivity contribution in [3.8, 4) is 0 Å². The van der Waals surface area contributed by atoms with Gasteiger partial charge in [-0.2, -0.15) is 4.98 Å². The molecule has 1 spiro atoms. The smallest absolute Gasteiger partial charge is 0.267 e. The number of nitrogens with zero attached hydrogens (tertiary/aromatic N) is 4. The number of hydrogen-bond acceptors (Lipinski definition) is 8. The normalized spacial score (nSPS) is 21.8. The van der Waals surface area contributed by atoms with E-state index in [0.29, 0.717) is 57.3 Å². The van der Waals surface area contributed by atoms with Crippen molar-refractivity contribution < 1.29 is 14.4 Å². The lowest BCUT2D eigenvalue weighted by atomic mass is 9.85. The SMILES string of the molecule is NC(=O)c1cc(NC2CCNC2=O)nc(N2CCC3(CC2)C(=O)NCN3c2ccccc2)n1. The van der Waals surface area contributed by atoms with E-state index in [9.17, 15) is 14.4 Å². The topological polar surface area (TPSA) is 146 Å². The summed E-state index contributed by atoms with van der Waals surface area (Å²) in [5.74, 6) is -0.0276. The lowest BCUT2D eigenvalue weighted by Gasteiger charge is -2.43. The second kappa shape index (κ2) is 8.23. The highest BCUT2D eigenvalue weighted by Crippen LogP contribution is 2.37. The molecular formula is C22H26N8O3. The van der Waals surface area contributed by atoms with Crippen LogP contribution in [-0.2, 0) is 9.59 Å². The second-order valence-electron chi connectivity index (χ2n) is 8.53. The molecule has 172 valence electrons. The fourth-order valence-corrected chi connectivity index (χ4v) is 4.80. The highest BCUT2D eigenvalue weighted by Gasteiger charge is 2.50. The number of benzene rings is 1. The van der Waals surface area contributed by atoms with Crippen LogP contribution in [0.25, 0.3) is 0 Å². The molecule has 11 nitrogen and oxygen atoms in total. The molecular weight excluding hydrogens is 424 g/mol. The van der Waals surface area contributed by atoms with Crippen LogP contribution in [0.2, 0.25) is 0 Å². The van der Waals surface area contributed by atoms with E-state index in [0.717, 1.165) is 5.69 Å². The Balaban J connectivity index is 1.37. The first-order chi connectivity index (χ1) is 16.0. The van der Waals surface area contributed by atoms with E-state index < -0.39 is 17.5 Å². The molecule has 5 N–H and O–H groups in total. The van der Waals surface area contributed by atoms with Gasteiger partial charge in [-0.15, -0.1) is 0 Å². The molecule has 1 unspecified atom stereocenters. The molecule has 0 radical (unpaired) electrons. The molecule has 4 heterocycles. The van der Waals surface area contributed by atoms with E-state index in [1.54, 1.807) is 0 Å². The lowest BCUT2D eigenvalue weighted by molar-refractivity contribution is -0.124.